The van der Waals surface area contributed by atoms with E-state index in [9.17, 15) is 18.0 Å². The number of alkyl halides is 4. The molecule has 2 rings (SSSR count). The Morgan fingerprint density at radius 2 is 1.65 bits per heavy atom. The number of rotatable bonds is 6. The molecule has 2 heterocycles. The molecule has 0 unspecified atom stereocenters. The molecule has 12 heteroatoms. The third-order valence-electron chi connectivity index (χ3n) is 3.54. The molecule has 7 nitrogen and oxygen atoms in total. The minimum Gasteiger partial charge on any atom is -0.476 e. The average molecular weight is 572 g/mol. The number of ether oxygens (including phenoxy) is 2. The van der Waals surface area contributed by atoms with E-state index in [-0.39, 0.29) is 22.4 Å². The van der Waals surface area contributed by atoms with Crippen molar-refractivity contribution in [3.05, 3.63) is 47.9 Å². The Bertz CT molecular complexity index is 955. The van der Waals surface area contributed by atoms with E-state index in [0.29, 0.717) is 0 Å². The van der Waals surface area contributed by atoms with Gasteiger partial charge in [-0.05, 0) is 51.9 Å². The number of esters is 1. The van der Waals surface area contributed by atoms with Crippen LogP contribution in [0.4, 0.5) is 13.2 Å². The summed E-state index contributed by atoms with van der Waals surface area (Å²) in [6.45, 7) is 18.1. The lowest BCUT2D eigenvalue weighted by molar-refractivity contribution is -0.219. The zero-order valence-corrected chi connectivity index (χ0v) is 24.4. The van der Waals surface area contributed by atoms with E-state index in [1.165, 1.54) is 49.1 Å². The van der Waals surface area contributed by atoms with Gasteiger partial charge in [0.2, 0.25) is 5.88 Å². The summed E-state index contributed by atoms with van der Waals surface area (Å²) < 4.78 is 50.1. The maximum atomic E-state index is 12.9. The van der Waals surface area contributed by atoms with Crippen molar-refractivity contribution in [1.29, 1.82) is 0 Å². The summed E-state index contributed by atoms with van der Waals surface area (Å²) in [5, 5.41) is 2.66. The quantitative estimate of drug-likeness (QED) is 0.216. The summed E-state index contributed by atoms with van der Waals surface area (Å²) in [6, 6.07) is 4.21. The Labute approximate surface area is 228 Å². The maximum absolute atomic E-state index is 12.9. The fraction of sp³-hybridized carbons (Fsp3) is 0.560. The van der Waals surface area contributed by atoms with Gasteiger partial charge in [0, 0.05) is 12.3 Å². The molecule has 0 aliphatic heterocycles. The number of nitrogens with zero attached hydrogens (tertiary/aromatic N) is 3. The largest absolute Gasteiger partial charge is 0.476 e. The van der Waals surface area contributed by atoms with Gasteiger partial charge in [-0.25, -0.2) is 14.5 Å². The van der Waals surface area contributed by atoms with E-state index in [2.05, 4.69) is 43.2 Å². The molecule has 0 saturated heterocycles. The van der Waals surface area contributed by atoms with E-state index in [4.69, 9.17) is 32.7 Å². The molecule has 0 bridgehead atoms. The first-order chi connectivity index (χ1) is 16.8. The van der Waals surface area contributed by atoms with Crippen LogP contribution in [0.3, 0.4) is 0 Å². The van der Waals surface area contributed by atoms with Crippen LogP contribution in [0, 0.1) is 11.3 Å². The van der Waals surface area contributed by atoms with Crippen LogP contribution >= 0.6 is 23.2 Å². The number of aromatic nitrogens is 3. The molecular weight excluding hydrogens is 532 g/mol. The van der Waals surface area contributed by atoms with Crippen molar-refractivity contribution in [1.82, 2.24) is 14.8 Å². The molecule has 0 amide bonds. The molecule has 0 fully saturated rings. The monoisotopic (exact) mass is 570 g/mol. The lowest BCUT2D eigenvalue weighted by atomic mass is 9.94. The second-order valence-electron chi connectivity index (χ2n) is 9.00. The van der Waals surface area contributed by atoms with Crippen LogP contribution in [-0.4, -0.2) is 38.6 Å². The molecule has 0 aromatic carbocycles. The van der Waals surface area contributed by atoms with Crippen molar-refractivity contribution in [3.63, 3.8) is 0 Å². The van der Waals surface area contributed by atoms with Gasteiger partial charge in [0.05, 0.1) is 11.0 Å². The molecule has 37 heavy (non-hydrogen) atoms. The van der Waals surface area contributed by atoms with Gasteiger partial charge in [-0.15, -0.1) is 5.10 Å². The van der Waals surface area contributed by atoms with Crippen LogP contribution in [0.2, 0.25) is 5.15 Å². The van der Waals surface area contributed by atoms with Gasteiger partial charge in [-0.2, -0.15) is 13.2 Å². The summed E-state index contributed by atoms with van der Waals surface area (Å²) in [4.78, 5) is 16.1. The first-order valence-corrected chi connectivity index (χ1v) is 12.3. The second-order valence-corrected chi connectivity index (χ2v) is 10.3. The highest BCUT2D eigenvalue weighted by molar-refractivity contribution is 6.32. The third-order valence-corrected chi connectivity index (χ3v) is 3.90. The Hall–Kier alpha value is -2.46. The summed E-state index contributed by atoms with van der Waals surface area (Å²) in [7, 11) is 0. The fourth-order valence-electron chi connectivity index (χ4n) is 1.83. The Morgan fingerprint density at radius 3 is 2.05 bits per heavy atom. The number of carbonyl (C=O) groups excluding carboxylic acids is 1. The van der Waals surface area contributed by atoms with Crippen molar-refractivity contribution in [2.75, 3.05) is 6.61 Å². The van der Waals surface area contributed by atoms with Crippen molar-refractivity contribution in [3.8, 4) is 11.7 Å². The molecule has 212 valence electrons. The van der Waals surface area contributed by atoms with Crippen molar-refractivity contribution < 1.29 is 27.4 Å². The fourth-order valence-corrected chi connectivity index (χ4v) is 2.12. The highest BCUT2D eigenvalue weighted by Crippen LogP contribution is 2.37. The van der Waals surface area contributed by atoms with E-state index < -0.39 is 29.2 Å². The zero-order valence-electron chi connectivity index (χ0n) is 22.9. The summed E-state index contributed by atoms with van der Waals surface area (Å²) in [6.07, 6.45) is -1.72. The highest BCUT2D eigenvalue weighted by atomic mass is 35.5. The van der Waals surface area contributed by atoms with Gasteiger partial charge in [-0.3, -0.25) is 0 Å². The van der Waals surface area contributed by atoms with Crippen molar-refractivity contribution in [2.24, 2.45) is 17.1 Å². The number of hydrogen-bond acceptors (Lipinski definition) is 6. The maximum Gasteiger partial charge on any atom is 0.397 e. The predicted octanol–water partition coefficient (Wildman–Crippen LogP) is 7.80. The van der Waals surface area contributed by atoms with Crippen LogP contribution in [0.5, 0.6) is 5.88 Å². The first-order valence-electron chi connectivity index (χ1n) is 11.5. The zero-order chi connectivity index (χ0) is 29.6. The summed E-state index contributed by atoms with van der Waals surface area (Å²) in [5.74, 6) is 0.308. The lowest BCUT2D eigenvalue weighted by Gasteiger charge is -2.26. The van der Waals surface area contributed by atoms with Crippen LogP contribution in [0.1, 0.15) is 72.7 Å². The molecule has 0 radical (unpaired) electrons. The standard InChI is InChI=1S/C17H18Cl2F3N3O3.C4H10.C2H5N.C2H6/c1-15(2,17(20,21)22)9-27-12-7-8-25(24-12)11-6-5-10(13(18)23-11)14(26)28-16(3,4)19;1-4(2)3;1-2-3;1-2/h5-8H,9H2,1-4H3;4H,1-3H3;2H,1,3H2;1-2H3. The van der Waals surface area contributed by atoms with Gasteiger partial charge in [0.15, 0.2) is 10.9 Å². The number of pyridine rings is 1. The molecule has 0 aliphatic carbocycles. The molecule has 0 aliphatic rings. The van der Waals surface area contributed by atoms with Crippen LogP contribution in [-0.2, 0) is 4.74 Å². The molecule has 0 saturated carbocycles. The number of hydrogen-bond donors (Lipinski definition) is 1. The van der Waals surface area contributed by atoms with Gasteiger partial charge in [-0.1, -0.05) is 64.4 Å². The topological polar surface area (TPSA) is 92.3 Å². The molecule has 2 aromatic rings. The van der Waals surface area contributed by atoms with Crippen molar-refractivity contribution in [2.45, 2.75) is 73.6 Å². The summed E-state index contributed by atoms with van der Waals surface area (Å²) >= 11 is 11.9. The van der Waals surface area contributed by atoms with E-state index in [0.717, 1.165) is 19.8 Å². The van der Waals surface area contributed by atoms with Gasteiger partial charge >= 0.3 is 12.1 Å². The van der Waals surface area contributed by atoms with Crippen LogP contribution in [0.25, 0.3) is 5.82 Å². The highest BCUT2D eigenvalue weighted by Gasteiger charge is 2.48. The van der Waals surface area contributed by atoms with Crippen LogP contribution < -0.4 is 10.5 Å². The molecule has 0 spiro atoms. The van der Waals surface area contributed by atoms with E-state index >= 15 is 0 Å². The molecular formula is C25H39Cl2F3N4O3. The smallest absolute Gasteiger partial charge is 0.397 e. The predicted molar refractivity (Wildman–Crippen MR) is 143 cm³/mol. The van der Waals surface area contributed by atoms with Gasteiger partial charge in [0.1, 0.15) is 11.8 Å². The van der Waals surface area contributed by atoms with E-state index in [1.807, 2.05) is 13.8 Å². The molecule has 2 N–H and O–H groups in total. The Morgan fingerprint density at radius 1 is 1.16 bits per heavy atom. The van der Waals surface area contributed by atoms with Gasteiger partial charge in [0.25, 0.3) is 0 Å². The van der Waals surface area contributed by atoms with E-state index in [1.54, 1.807) is 0 Å². The lowest BCUT2D eigenvalue weighted by Crippen LogP contribution is -2.37. The summed E-state index contributed by atoms with van der Waals surface area (Å²) in [5.41, 5.74) is 2.59. The normalized spacial score (nSPS) is 11.1. The first kappa shape index (κ1) is 36.7. The minimum absolute atomic E-state index is 0.00898. The van der Waals surface area contributed by atoms with Gasteiger partial charge < -0.3 is 15.2 Å². The number of carbonyl (C=O) groups is 1. The molecule has 2 aromatic heterocycles. The third kappa shape index (κ3) is 14.8. The number of halogens is 5. The SMILES string of the molecule is C=CN.CC.CC(C)(Cl)OC(=O)c1ccc(-n2ccc(OCC(C)(C)C(F)(F)F)n2)nc1Cl.CC(C)C. The van der Waals surface area contributed by atoms with Crippen LogP contribution in [0.15, 0.2) is 37.2 Å². The molecule has 0 atom stereocenters. The van der Waals surface area contributed by atoms with Crippen molar-refractivity contribution >= 4 is 29.2 Å². The Kier molecular flexibility index (Phi) is 16.3. The Balaban J connectivity index is 0. The number of nitrogens with two attached hydrogens (primary N) is 1. The average Bonchev–Trinajstić information content (AvgIpc) is 3.21. The second kappa shape index (κ2) is 16.4. The minimum atomic E-state index is -4.41.